The van der Waals surface area contributed by atoms with Crippen LogP contribution in [0.4, 0.5) is 0 Å². The van der Waals surface area contributed by atoms with E-state index in [1.54, 1.807) is 17.6 Å². The summed E-state index contributed by atoms with van der Waals surface area (Å²) in [5.74, 6) is 0.759. The minimum atomic E-state index is 0.729. The fourth-order valence-electron chi connectivity index (χ4n) is 1.57. The Morgan fingerprint density at radius 3 is 3.00 bits per heavy atom. The van der Waals surface area contributed by atoms with Gasteiger partial charge in [0.2, 0.25) is 0 Å². The minimum absolute atomic E-state index is 0.729. The topological polar surface area (TPSA) is 51.0 Å². The number of thiazole rings is 1. The fourth-order valence-corrected chi connectivity index (χ4v) is 2.56. The van der Waals surface area contributed by atoms with Crippen molar-refractivity contribution in [3.05, 3.63) is 34.1 Å². The first kappa shape index (κ1) is 9.99. The molecule has 0 spiro atoms. The molecule has 0 atom stereocenters. The maximum Gasteiger partial charge on any atom is 0.124 e. The van der Waals surface area contributed by atoms with Crippen LogP contribution in [0.3, 0.4) is 0 Å². The van der Waals surface area contributed by atoms with Gasteiger partial charge in [-0.3, -0.25) is 0 Å². The van der Waals surface area contributed by atoms with Crippen LogP contribution in [0.2, 0.25) is 0 Å². The SMILES string of the molecule is c1cc(CNCc2csc(C3CC3)n2)no1. The Labute approximate surface area is 97.7 Å². The van der Waals surface area contributed by atoms with Gasteiger partial charge in [-0.15, -0.1) is 11.3 Å². The molecule has 1 aliphatic carbocycles. The maximum absolute atomic E-state index is 4.76. The fraction of sp³-hybridized carbons (Fsp3) is 0.455. The van der Waals surface area contributed by atoms with Crippen LogP contribution in [-0.2, 0) is 13.1 Å². The van der Waals surface area contributed by atoms with Crippen molar-refractivity contribution in [3.8, 4) is 0 Å². The van der Waals surface area contributed by atoms with Crippen LogP contribution in [0.25, 0.3) is 0 Å². The van der Waals surface area contributed by atoms with Crippen molar-refractivity contribution in [2.75, 3.05) is 0 Å². The summed E-state index contributed by atoms with van der Waals surface area (Å²) in [6.45, 7) is 1.53. The third kappa shape index (κ3) is 2.31. The summed E-state index contributed by atoms with van der Waals surface area (Å²) in [6.07, 6.45) is 4.23. The van der Waals surface area contributed by atoms with Crippen LogP contribution in [0.1, 0.15) is 35.2 Å². The zero-order chi connectivity index (χ0) is 10.8. The predicted octanol–water partition coefficient (Wildman–Crippen LogP) is 2.30. The lowest BCUT2D eigenvalue weighted by molar-refractivity contribution is 0.408. The molecule has 3 rings (SSSR count). The molecular formula is C11H13N3OS. The van der Waals surface area contributed by atoms with Crippen molar-refractivity contribution in [2.24, 2.45) is 0 Å². The number of aromatic nitrogens is 2. The van der Waals surface area contributed by atoms with Crippen LogP contribution in [0, 0.1) is 0 Å². The van der Waals surface area contributed by atoms with Crippen molar-refractivity contribution in [2.45, 2.75) is 31.8 Å². The van der Waals surface area contributed by atoms with Crippen LogP contribution in [0.5, 0.6) is 0 Å². The van der Waals surface area contributed by atoms with Crippen molar-refractivity contribution in [1.29, 1.82) is 0 Å². The van der Waals surface area contributed by atoms with E-state index < -0.39 is 0 Å². The zero-order valence-corrected chi connectivity index (χ0v) is 9.67. The largest absolute Gasteiger partial charge is 0.364 e. The van der Waals surface area contributed by atoms with E-state index >= 15 is 0 Å². The highest BCUT2D eigenvalue weighted by Gasteiger charge is 2.26. The predicted molar refractivity (Wildman–Crippen MR) is 61.1 cm³/mol. The van der Waals surface area contributed by atoms with Gasteiger partial charge >= 0.3 is 0 Å². The van der Waals surface area contributed by atoms with E-state index in [4.69, 9.17) is 4.52 Å². The molecule has 1 fully saturated rings. The lowest BCUT2D eigenvalue weighted by Gasteiger charge is -1.98. The molecule has 16 heavy (non-hydrogen) atoms. The third-order valence-electron chi connectivity index (χ3n) is 2.60. The van der Waals surface area contributed by atoms with E-state index in [1.807, 2.05) is 6.07 Å². The summed E-state index contributed by atoms with van der Waals surface area (Å²) < 4.78 is 4.76. The summed E-state index contributed by atoms with van der Waals surface area (Å²) in [5, 5.41) is 10.6. The second kappa shape index (κ2) is 4.35. The molecule has 0 saturated heterocycles. The molecule has 2 aromatic heterocycles. The Bertz CT molecular complexity index is 448. The van der Waals surface area contributed by atoms with E-state index in [0.717, 1.165) is 30.4 Å². The summed E-state index contributed by atoms with van der Waals surface area (Å²) in [6, 6.07) is 1.86. The van der Waals surface area contributed by atoms with Gasteiger partial charge in [0.1, 0.15) is 6.26 Å². The average molecular weight is 235 g/mol. The molecule has 0 bridgehead atoms. The maximum atomic E-state index is 4.76. The highest BCUT2D eigenvalue weighted by molar-refractivity contribution is 7.09. The lowest BCUT2D eigenvalue weighted by Crippen LogP contribution is -2.13. The van der Waals surface area contributed by atoms with E-state index in [-0.39, 0.29) is 0 Å². The number of nitrogens with zero attached hydrogens (tertiary/aromatic N) is 2. The molecule has 1 aliphatic rings. The van der Waals surface area contributed by atoms with Gasteiger partial charge in [0, 0.05) is 30.5 Å². The van der Waals surface area contributed by atoms with Gasteiger partial charge < -0.3 is 9.84 Å². The van der Waals surface area contributed by atoms with Crippen LogP contribution >= 0.6 is 11.3 Å². The van der Waals surface area contributed by atoms with E-state index in [2.05, 4.69) is 20.8 Å². The second-order valence-corrected chi connectivity index (χ2v) is 4.94. The summed E-state index contributed by atoms with van der Waals surface area (Å²) in [5.41, 5.74) is 2.06. The molecule has 2 heterocycles. The smallest absolute Gasteiger partial charge is 0.124 e. The number of nitrogens with one attached hydrogen (secondary N) is 1. The van der Waals surface area contributed by atoms with Crippen molar-refractivity contribution in [1.82, 2.24) is 15.5 Å². The summed E-state index contributed by atoms with van der Waals surface area (Å²) in [4.78, 5) is 4.60. The lowest BCUT2D eigenvalue weighted by atomic mass is 10.4. The van der Waals surface area contributed by atoms with E-state index in [0.29, 0.717) is 0 Å². The van der Waals surface area contributed by atoms with Gasteiger partial charge in [-0.05, 0) is 12.8 Å². The van der Waals surface area contributed by atoms with Crippen LogP contribution < -0.4 is 5.32 Å². The molecule has 84 valence electrons. The average Bonchev–Trinajstić information content (AvgIpc) is 2.83. The first-order chi connectivity index (χ1) is 7.92. The standard InChI is InChI=1S/C11H13N3OS/c1-2-8(1)11-13-10(7-16-11)6-12-5-9-3-4-15-14-9/h3-4,7-8,12H,1-2,5-6H2. The van der Waals surface area contributed by atoms with Crippen LogP contribution in [0.15, 0.2) is 22.2 Å². The Morgan fingerprint density at radius 1 is 1.38 bits per heavy atom. The number of hydrogen-bond donors (Lipinski definition) is 1. The second-order valence-electron chi connectivity index (χ2n) is 4.05. The molecule has 1 N–H and O–H groups in total. The molecule has 0 radical (unpaired) electrons. The van der Waals surface area contributed by atoms with Gasteiger partial charge in [0.15, 0.2) is 0 Å². The monoisotopic (exact) mass is 235 g/mol. The molecule has 5 heteroatoms. The van der Waals surface area contributed by atoms with Gasteiger partial charge in [0.05, 0.1) is 16.4 Å². The Hall–Kier alpha value is -1.20. The van der Waals surface area contributed by atoms with Crippen LogP contribution in [-0.4, -0.2) is 10.1 Å². The minimum Gasteiger partial charge on any atom is -0.364 e. The zero-order valence-electron chi connectivity index (χ0n) is 8.85. The molecule has 0 unspecified atom stereocenters. The van der Waals surface area contributed by atoms with E-state index in [1.165, 1.54) is 17.8 Å². The highest BCUT2D eigenvalue weighted by atomic mass is 32.1. The number of hydrogen-bond acceptors (Lipinski definition) is 5. The Kier molecular flexibility index (Phi) is 2.71. The first-order valence-electron chi connectivity index (χ1n) is 5.46. The van der Waals surface area contributed by atoms with Crippen molar-refractivity contribution in [3.63, 3.8) is 0 Å². The van der Waals surface area contributed by atoms with Gasteiger partial charge in [-0.25, -0.2) is 4.98 Å². The van der Waals surface area contributed by atoms with Crippen molar-refractivity contribution < 1.29 is 4.52 Å². The Morgan fingerprint density at radius 2 is 2.25 bits per heavy atom. The van der Waals surface area contributed by atoms with Gasteiger partial charge in [-0.2, -0.15) is 0 Å². The summed E-state index contributed by atoms with van der Waals surface area (Å²) >= 11 is 1.78. The normalized spacial score (nSPS) is 15.5. The molecule has 0 aliphatic heterocycles. The highest BCUT2D eigenvalue weighted by Crippen LogP contribution is 2.41. The Balaban J connectivity index is 1.50. The third-order valence-corrected chi connectivity index (χ3v) is 3.66. The molecule has 2 aromatic rings. The molecular weight excluding hydrogens is 222 g/mol. The first-order valence-corrected chi connectivity index (χ1v) is 6.34. The molecule has 0 amide bonds. The van der Waals surface area contributed by atoms with Gasteiger partial charge in [0.25, 0.3) is 0 Å². The summed E-state index contributed by atoms with van der Waals surface area (Å²) in [7, 11) is 0. The van der Waals surface area contributed by atoms with Gasteiger partial charge in [-0.1, -0.05) is 5.16 Å². The number of rotatable bonds is 5. The van der Waals surface area contributed by atoms with Crippen molar-refractivity contribution >= 4 is 11.3 Å². The molecule has 0 aromatic carbocycles. The molecule has 1 saturated carbocycles. The van der Waals surface area contributed by atoms with E-state index in [9.17, 15) is 0 Å². The molecule has 4 nitrogen and oxygen atoms in total. The quantitative estimate of drug-likeness (QED) is 0.864.